The summed E-state index contributed by atoms with van der Waals surface area (Å²) in [7, 11) is 2.07. The Labute approximate surface area is 95.6 Å². The predicted octanol–water partition coefficient (Wildman–Crippen LogP) is 0.457. The van der Waals surface area contributed by atoms with Crippen molar-refractivity contribution in [2.75, 3.05) is 39.0 Å². The third kappa shape index (κ3) is 2.33. The summed E-state index contributed by atoms with van der Waals surface area (Å²) < 4.78 is 0. The molecule has 1 saturated heterocycles. The first-order chi connectivity index (χ1) is 7.66. The molecular weight excluding hydrogens is 202 g/mol. The number of benzene rings is 1. The van der Waals surface area contributed by atoms with Crippen LogP contribution >= 0.6 is 0 Å². The lowest BCUT2D eigenvalue weighted by molar-refractivity contribution is 0.0664. The molecule has 0 atom stereocenters. The Bertz CT molecular complexity index is 384. The van der Waals surface area contributed by atoms with E-state index in [0.717, 1.165) is 26.2 Å². The number of nitrogens with zero attached hydrogens (tertiary/aromatic N) is 2. The van der Waals surface area contributed by atoms with Gasteiger partial charge in [0.25, 0.3) is 5.91 Å². The van der Waals surface area contributed by atoms with Crippen LogP contribution in [0, 0.1) is 6.07 Å². The van der Waals surface area contributed by atoms with E-state index in [1.54, 1.807) is 18.2 Å². The first kappa shape index (κ1) is 11.0. The molecule has 0 aromatic heterocycles. The Balaban J connectivity index is 2.08. The van der Waals surface area contributed by atoms with Crippen molar-refractivity contribution in [3.63, 3.8) is 0 Å². The van der Waals surface area contributed by atoms with Gasteiger partial charge in [0.15, 0.2) is 0 Å². The minimum atomic E-state index is 0.0637. The van der Waals surface area contributed by atoms with Crippen LogP contribution in [0.4, 0.5) is 5.69 Å². The van der Waals surface area contributed by atoms with Crippen molar-refractivity contribution < 1.29 is 4.79 Å². The Morgan fingerprint density at radius 1 is 1.38 bits per heavy atom. The molecule has 1 amide bonds. The van der Waals surface area contributed by atoms with Crippen molar-refractivity contribution in [1.29, 1.82) is 0 Å². The van der Waals surface area contributed by atoms with E-state index >= 15 is 0 Å². The number of hydrogen-bond acceptors (Lipinski definition) is 3. The lowest BCUT2D eigenvalue weighted by Crippen LogP contribution is -2.47. The first-order valence-corrected chi connectivity index (χ1v) is 5.42. The number of nitrogen functional groups attached to an aromatic ring is 1. The van der Waals surface area contributed by atoms with Crippen LogP contribution in [0.2, 0.25) is 0 Å². The molecule has 0 bridgehead atoms. The highest BCUT2D eigenvalue weighted by Crippen LogP contribution is 2.10. The van der Waals surface area contributed by atoms with Crippen molar-refractivity contribution in [2.45, 2.75) is 0 Å². The van der Waals surface area contributed by atoms with Gasteiger partial charge in [0.05, 0.1) is 0 Å². The van der Waals surface area contributed by atoms with Crippen LogP contribution < -0.4 is 5.73 Å². The van der Waals surface area contributed by atoms with Crippen LogP contribution in [0.25, 0.3) is 0 Å². The summed E-state index contributed by atoms with van der Waals surface area (Å²) in [5.74, 6) is 0.0637. The largest absolute Gasteiger partial charge is 0.398 e. The van der Waals surface area contributed by atoms with E-state index in [4.69, 9.17) is 5.73 Å². The fourth-order valence-electron chi connectivity index (χ4n) is 1.81. The maximum Gasteiger partial charge on any atom is 0.254 e. The third-order valence-electron chi connectivity index (χ3n) is 2.86. The highest BCUT2D eigenvalue weighted by molar-refractivity contribution is 5.95. The summed E-state index contributed by atoms with van der Waals surface area (Å²) in [6.07, 6.45) is 0. The number of carbonyl (C=O) groups excluding carboxylic acids is 1. The molecule has 1 aromatic carbocycles. The fraction of sp³-hybridized carbons (Fsp3) is 0.417. The van der Waals surface area contributed by atoms with Gasteiger partial charge in [-0.05, 0) is 19.2 Å². The molecule has 0 unspecified atom stereocenters. The molecule has 0 saturated carbocycles. The number of carbonyl (C=O) groups is 1. The van der Waals surface area contributed by atoms with Gasteiger partial charge in [-0.2, -0.15) is 0 Å². The third-order valence-corrected chi connectivity index (χ3v) is 2.86. The van der Waals surface area contributed by atoms with Crippen LogP contribution in [0.3, 0.4) is 0 Å². The summed E-state index contributed by atoms with van der Waals surface area (Å²) in [6, 6.07) is 7.97. The number of amides is 1. The molecule has 2 N–H and O–H groups in total. The number of rotatable bonds is 1. The standard InChI is InChI=1S/C12H16N3O/c1-14-5-7-15(8-6-14)12(16)10-3-2-4-11(13)9-10/h2-3,9H,5-8,13H2,1H3. The highest BCUT2D eigenvalue weighted by Gasteiger charge is 2.20. The molecular formula is C12H16N3O. The van der Waals surface area contributed by atoms with Crippen LogP contribution in [0.15, 0.2) is 18.2 Å². The van der Waals surface area contributed by atoms with Gasteiger partial charge in [0.2, 0.25) is 0 Å². The average molecular weight is 218 g/mol. The summed E-state index contributed by atoms with van der Waals surface area (Å²) in [5.41, 5.74) is 6.78. The van der Waals surface area contributed by atoms with Crippen molar-refractivity contribution in [2.24, 2.45) is 0 Å². The van der Waals surface area contributed by atoms with Crippen LogP contribution in [-0.4, -0.2) is 48.9 Å². The number of hydrogen-bond donors (Lipinski definition) is 1. The topological polar surface area (TPSA) is 49.6 Å². The van der Waals surface area contributed by atoms with E-state index in [-0.39, 0.29) is 5.91 Å². The van der Waals surface area contributed by atoms with Crippen molar-refractivity contribution >= 4 is 11.6 Å². The Morgan fingerprint density at radius 3 is 2.69 bits per heavy atom. The monoisotopic (exact) mass is 218 g/mol. The highest BCUT2D eigenvalue weighted by atomic mass is 16.2. The van der Waals surface area contributed by atoms with Crippen LogP contribution in [0.1, 0.15) is 10.4 Å². The van der Waals surface area contributed by atoms with Gasteiger partial charge in [0, 0.05) is 43.5 Å². The second-order valence-corrected chi connectivity index (χ2v) is 4.13. The second kappa shape index (κ2) is 4.53. The number of piperazine rings is 1. The molecule has 4 heteroatoms. The molecule has 16 heavy (non-hydrogen) atoms. The molecule has 1 aliphatic heterocycles. The quantitative estimate of drug-likeness (QED) is 0.697. The van der Waals surface area contributed by atoms with E-state index in [0.29, 0.717) is 11.3 Å². The van der Waals surface area contributed by atoms with Gasteiger partial charge >= 0.3 is 0 Å². The Kier molecular flexibility index (Phi) is 3.10. The van der Waals surface area contributed by atoms with E-state index in [1.165, 1.54) is 0 Å². The van der Waals surface area contributed by atoms with E-state index in [2.05, 4.69) is 18.0 Å². The van der Waals surface area contributed by atoms with Crippen molar-refractivity contribution in [3.05, 3.63) is 29.8 Å². The predicted molar refractivity (Wildman–Crippen MR) is 63.1 cm³/mol. The van der Waals surface area contributed by atoms with Gasteiger partial charge < -0.3 is 15.5 Å². The van der Waals surface area contributed by atoms with E-state index in [9.17, 15) is 4.79 Å². The van der Waals surface area contributed by atoms with Crippen molar-refractivity contribution in [3.8, 4) is 0 Å². The fourth-order valence-corrected chi connectivity index (χ4v) is 1.81. The molecule has 2 rings (SSSR count). The van der Waals surface area contributed by atoms with Gasteiger partial charge in [-0.3, -0.25) is 4.79 Å². The molecule has 1 aromatic rings. The summed E-state index contributed by atoms with van der Waals surface area (Å²) in [6.45, 7) is 3.43. The van der Waals surface area contributed by atoms with Gasteiger partial charge in [-0.1, -0.05) is 6.07 Å². The lowest BCUT2D eigenvalue weighted by atomic mass is 10.1. The average Bonchev–Trinajstić information content (AvgIpc) is 2.29. The zero-order valence-electron chi connectivity index (χ0n) is 9.44. The summed E-state index contributed by atoms with van der Waals surface area (Å²) in [4.78, 5) is 16.2. The zero-order chi connectivity index (χ0) is 11.5. The molecule has 4 nitrogen and oxygen atoms in total. The summed E-state index contributed by atoms with van der Waals surface area (Å²) >= 11 is 0. The Hall–Kier alpha value is -1.55. The maximum atomic E-state index is 12.1. The first-order valence-electron chi connectivity index (χ1n) is 5.42. The normalized spacial score (nSPS) is 17.4. The number of anilines is 1. The molecule has 1 heterocycles. The molecule has 0 spiro atoms. The molecule has 1 aliphatic rings. The van der Waals surface area contributed by atoms with E-state index < -0.39 is 0 Å². The minimum Gasteiger partial charge on any atom is -0.398 e. The van der Waals surface area contributed by atoms with Gasteiger partial charge in [-0.25, -0.2) is 0 Å². The molecule has 0 aliphatic carbocycles. The number of nitrogens with two attached hydrogens (primary N) is 1. The van der Waals surface area contributed by atoms with Crippen LogP contribution in [-0.2, 0) is 0 Å². The number of likely N-dealkylation sites (N-methyl/N-ethyl adjacent to an activating group) is 1. The molecule has 85 valence electrons. The second-order valence-electron chi connectivity index (χ2n) is 4.13. The zero-order valence-corrected chi connectivity index (χ0v) is 9.44. The molecule has 1 fully saturated rings. The SMILES string of the molecule is CN1CCN(C(=O)c2cc[c]c(N)c2)CC1. The lowest BCUT2D eigenvalue weighted by Gasteiger charge is -2.32. The molecule has 1 radical (unpaired) electrons. The Morgan fingerprint density at radius 2 is 2.06 bits per heavy atom. The van der Waals surface area contributed by atoms with Crippen molar-refractivity contribution in [1.82, 2.24) is 9.80 Å². The van der Waals surface area contributed by atoms with Gasteiger partial charge in [-0.15, -0.1) is 0 Å². The maximum absolute atomic E-state index is 12.1. The van der Waals surface area contributed by atoms with Gasteiger partial charge in [0.1, 0.15) is 0 Å². The van der Waals surface area contributed by atoms with E-state index in [1.807, 2.05) is 4.90 Å². The smallest absolute Gasteiger partial charge is 0.254 e. The van der Waals surface area contributed by atoms with Crippen LogP contribution in [0.5, 0.6) is 0 Å². The minimum absolute atomic E-state index is 0.0637. The summed E-state index contributed by atoms with van der Waals surface area (Å²) in [5, 5.41) is 0.